The molecule has 3 unspecified atom stereocenters. The highest BCUT2D eigenvalue weighted by atomic mass is 16.7. The Balaban J connectivity index is 2.16. The highest BCUT2D eigenvalue weighted by Crippen LogP contribution is 2.50. The van der Waals surface area contributed by atoms with Crippen molar-refractivity contribution in [3.63, 3.8) is 0 Å². The molecule has 4 atom stereocenters. The SMILES string of the molecule is CC(N)B1OC2CC(C)C(C)(C)C[C@]2(C)O1. The lowest BCUT2D eigenvalue weighted by Gasteiger charge is -2.47. The van der Waals surface area contributed by atoms with E-state index in [0.29, 0.717) is 11.3 Å². The minimum absolute atomic E-state index is 0.0548. The maximum atomic E-state index is 6.05. The third kappa shape index (κ3) is 1.91. The Hall–Kier alpha value is -0.0551. The molecule has 4 heteroatoms. The van der Waals surface area contributed by atoms with Crippen molar-refractivity contribution >= 4 is 7.12 Å². The van der Waals surface area contributed by atoms with Gasteiger partial charge in [0, 0.05) is 5.94 Å². The molecular formula is C12H24BNO2. The average Bonchev–Trinajstić information content (AvgIpc) is 2.42. The molecule has 0 spiro atoms. The molecule has 3 nitrogen and oxygen atoms in total. The normalized spacial score (nSPS) is 44.2. The van der Waals surface area contributed by atoms with Crippen molar-refractivity contribution in [2.75, 3.05) is 0 Å². The third-order valence-corrected chi connectivity index (χ3v) is 4.50. The summed E-state index contributed by atoms with van der Waals surface area (Å²) in [6.45, 7) is 11.1. The summed E-state index contributed by atoms with van der Waals surface area (Å²) >= 11 is 0. The van der Waals surface area contributed by atoms with E-state index in [9.17, 15) is 0 Å². The zero-order valence-corrected chi connectivity index (χ0v) is 11.1. The van der Waals surface area contributed by atoms with Crippen LogP contribution in [0.2, 0.25) is 0 Å². The Bertz CT molecular complexity index is 282. The molecule has 1 aliphatic carbocycles. The van der Waals surface area contributed by atoms with Crippen LogP contribution in [0.4, 0.5) is 0 Å². The number of nitrogens with two attached hydrogens (primary N) is 1. The van der Waals surface area contributed by atoms with Crippen LogP contribution in [-0.2, 0) is 9.31 Å². The predicted molar refractivity (Wildman–Crippen MR) is 65.9 cm³/mol. The van der Waals surface area contributed by atoms with E-state index in [0.717, 1.165) is 12.8 Å². The van der Waals surface area contributed by atoms with Gasteiger partial charge >= 0.3 is 7.12 Å². The molecule has 2 N–H and O–H groups in total. The molecule has 1 saturated heterocycles. The molecule has 0 aromatic carbocycles. The molecule has 16 heavy (non-hydrogen) atoms. The molecule has 92 valence electrons. The number of fused-ring (bicyclic) bond motifs is 1. The summed E-state index contributed by atoms with van der Waals surface area (Å²) in [6.07, 6.45) is 2.34. The number of hydrogen-bond donors (Lipinski definition) is 1. The Morgan fingerprint density at radius 1 is 1.38 bits per heavy atom. The van der Waals surface area contributed by atoms with Crippen LogP contribution in [0, 0.1) is 11.3 Å². The fourth-order valence-electron chi connectivity index (χ4n) is 3.09. The first-order valence-corrected chi connectivity index (χ1v) is 6.33. The summed E-state index contributed by atoms with van der Waals surface area (Å²) in [5.41, 5.74) is 6.04. The molecule has 1 aliphatic heterocycles. The van der Waals surface area contributed by atoms with Gasteiger partial charge in [0.15, 0.2) is 0 Å². The van der Waals surface area contributed by atoms with Gasteiger partial charge in [-0.1, -0.05) is 27.7 Å². The monoisotopic (exact) mass is 225 g/mol. The van der Waals surface area contributed by atoms with Crippen LogP contribution >= 0.6 is 0 Å². The fourth-order valence-corrected chi connectivity index (χ4v) is 3.09. The van der Waals surface area contributed by atoms with Crippen LogP contribution in [0.1, 0.15) is 47.5 Å². The van der Waals surface area contributed by atoms with Crippen LogP contribution < -0.4 is 5.73 Å². The maximum absolute atomic E-state index is 6.05. The fraction of sp³-hybridized carbons (Fsp3) is 1.00. The van der Waals surface area contributed by atoms with Gasteiger partial charge in [-0.25, -0.2) is 0 Å². The van der Waals surface area contributed by atoms with Gasteiger partial charge in [0.1, 0.15) is 0 Å². The van der Waals surface area contributed by atoms with Crippen molar-refractivity contribution in [2.24, 2.45) is 17.1 Å². The third-order valence-electron chi connectivity index (χ3n) is 4.50. The minimum atomic E-state index is -0.226. The van der Waals surface area contributed by atoms with E-state index in [-0.39, 0.29) is 24.8 Å². The second-order valence-corrected chi connectivity index (χ2v) is 6.58. The molecule has 1 heterocycles. The van der Waals surface area contributed by atoms with Crippen LogP contribution in [-0.4, -0.2) is 24.8 Å². The lowest BCUT2D eigenvalue weighted by Crippen LogP contribution is -2.49. The predicted octanol–water partition coefficient (Wildman–Crippen LogP) is 1.99. The van der Waals surface area contributed by atoms with E-state index < -0.39 is 0 Å². The van der Waals surface area contributed by atoms with Gasteiger partial charge in [0.05, 0.1) is 11.7 Å². The Kier molecular flexibility index (Phi) is 2.88. The van der Waals surface area contributed by atoms with Gasteiger partial charge in [0.25, 0.3) is 0 Å². The zero-order valence-electron chi connectivity index (χ0n) is 11.1. The van der Waals surface area contributed by atoms with Crippen molar-refractivity contribution in [1.29, 1.82) is 0 Å². The quantitative estimate of drug-likeness (QED) is 0.694. The van der Waals surface area contributed by atoms with E-state index in [1.54, 1.807) is 0 Å². The van der Waals surface area contributed by atoms with Gasteiger partial charge in [0.2, 0.25) is 0 Å². The molecular weight excluding hydrogens is 201 g/mol. The Morgan fingerprint density at radius 2 is 2.00 bits per heavy atom. The lowest BCUT2D eigenvalue weighted by molar-refractivity contribution is -0.0575. The largest absolute Gasteiger partial charge is 0.475 e. The summed E-state index contributed by atoms with van der Waals surface area (Å²) in [5, 5.41) is 0. The maximum Gasteiger partial charge on any atom is 0.475 e. The molecule has 0 aromatic heterocycles. The second-order valence-electron chi connectivity index (χ2n) is 6.58. The van der Waals surface area contributed by atoms with Crippen LogP contribution in [0.25, 0.3) is 0 Å². The lowest BCUT2D eigenvalue weighted by atomic mass is 9.63. The molecule has 2 fully saturated rings. The summed E-state index contributed by atoms with van der Waals surface area (Å²) in [7, 11) is -0.226. The molecule has 2 aliphatic rings. The topological polar surface area (TPSA) is 44.5 Å². The first-order valence-electron chi connectivity index (χ1n) is 6.33. The van der Waals surface area contributed by atoms with Gasteiger partial charge in [-0.15, -0.1) is 0 Å². The summed E-state index contributed by atoms with van der Waals surface area (Å²) in [4.78, 5) is 0. The second kappa shape index (κ2) is 3.72. The van der Waals surface area contributed by atoms with Crippen molar-refractivity contribution < 1.29 is 9.31 Å². The first kappa shape index (κ1) is 12.4. The van der Waals surface area contributed by atoms with E-state index in [4.69, 9.17) is 15.0 Å². The van der Waals surface area contributed by atoms with Crippen LogP contribution in [0.3, 0.4) is 0 Å². The van der Waals surface area contributed by atoms with E-state index >= 15 is 0 Å². The number of rotatable bonds is 1. The van der Waals surface area contributed by atoms with Gasteiger partial charge in [-0.05, 0) is 31.1 Å². The average molecular weight is 225 g/mol. The molecule has 0 radical (unpaired) electrons. The first-order chi connectivity index (χ1) is 7.24. The molecule has 0 aromatic rings. The molecule has 2 rings (SSSR count). The van der Waals surface area contributed by atoms with E-state index in [1.165, 1.54) is 0 Å². The van der Waals surface area contributed by atoms with Crippen LogP contribution in [0.5, 0.6) is 0 Å². The Labute approximate surface area is 99.2 Å². The molecule has 1 saturated carbocycles. The standard InChI is InChI=1S/C12H24BNO2/c1-8-6-10-12(5,7-11(8,3)4)16-13(15-10)9(2)14/h8-10H,6-7,14H2,1-5H3/t8?,9?,10?,12-/m0/s1. The van der Waals surface area contributed by atoms with Crippen molar-refractivity contribution in [3.05, 3.63) is 0 Å². The van der Waals surface area contributed by atoms with Crippen molar-refractivity contribution in [3.8, 4) is 0 Å². The van der Waals surface area contributed by atoms with E-state index in [1.807, 2.05) is 6.92 Å². The van der Waals surface area contributed by atoms with Gasteiger partial charge < -0.3 is 15.0 Å². The highest BCUT2D eigenvalue weighted by Gasteiger charge is 2.55. The van der Waals surface area contributed by atoms with Crippen LogP contribution in [0.15, 0.2) is 0 Å². The van der Waals surface area contributed by atoms with Crippen molar-refractivity contribution in [2.45, 2.75) is 65.1 Å². The summed E-state index contributed by atoms with van der Waals surface area (Å²) in [5.74, 6) is 0.613. The van der Waals surface area contributed by atoms with E-state index in [2.05, 4.69) is 27.7 Å². The Morgan fingerprint density at radius 3 is 2.56 bits per heavy atom. The zero-order chi connectivity index (χ0) is 12.1. The van der Waals surface area contributed by atoms with Gasteiger partial charge in [-0.3, -0.25) is 0 Å². The molecule has 0 amide bonds. The minimum Gasteiger partial charge on any atom is -0.404 e. The van der Waals surface area contributed by atoms with Crippen molar-refractivity contribution in [1.82, 2.24) is 0 Å². The van der Waals surface area contributed by atoms with Gasteiger partial charge in [-0.2, -0.15) is 0 Å². The summed E-state index contributed by atoms with van der Waals surface area (Å²) in [6, 6.07) is 0. The molecule has 0 bridgehead atoms. The summed E-state index contributed by atoms with van der Waals surface area (Å²) < 4.78 is 12.0. The highest BCUT2D eigenvalue weighted by molar-refractivity contribution is 6.47. The number of hydrogen-bond acceptors (Lipinski definition) is 3. The smallest absolute Gasteiger partial charge is 0.404 e.